The maximum atomic E-state index is 15.0. The SMILES string of the molecule is COC(=O)[C@@H]1CCCN1[S@](=O)(=NC(=O)OC(C)(C)C)c1ccc(C)nc1OCC[C@H](C)CCO[Si](c1ccccc1)(c1ccccc1)C(C)(C)C. The Labute approximate surface area is 305 Å². The molecule has 1 aliphatic rings. The number of carbonyl (C=O) groups is 2. The van der Waals surface area contributed by atoms with Gasteiger partial charge in [0.2, 0.25) is 5.88 Å². The Morgan fingerprint density at radius 1 is 0.941 bits per heavy atom. The minimum atomic E-state index is -3.74. The number of aromatic nitrogens is 1. The third-order valence-electron chi connectivity index (χ3n) is 9.03. The van der Waals surface area contributed by atoms with Crippen molar-refractivity contribution in [3.8, 4) is 5.88 Å². The van der Waals surface area contributed by atoms with Crippen LogP contribution in [0.25, 0.3) is 0 Å². The van der Waals surface area contributed by atoms with Crippen LogP contribution in [0.2, 0.25) is 5.04 Å². The van der Waals surface area contributed by atoms with Crippen molar-refractivity contribution in [1.29, 1.82) is 0 Å². The third-order valence-corrected chi connectivity index (χ3v) is 16.4. The molecule has 0 N–H and O–H groups in total. The highest BCUT2D eigenvalue weighted by Gasteiger charge is 2.50. The standard InChI is InChI=1S/C39H55N3O7SSi/c1-29(25-28-48-51(39(6,7)8,31-17-12-10-13-18-31)32-19-14-11-15-20-32)24-27-47-35-34(23-22-30(2)40-35)50(45,41-37(44)49-38(3,4)5)42-26-16-21-33(42)36(43)46-9/h10-15,17-20,22-23,29,33H,16,21,24-28H2,1-9H3/t29-,33-,50+/m0/s1. The summed E-state index contributed by atoms with van der Waals surface area (Å²) >= 11 is 0. The highest BCUT2D eigenvalue weighted by Crippen LogP contribution is 2.37. The Kier molecular flexibility index (Phi) is 13.3. The first kappa shape index (κ1) is 40.2. The van der Waals surface area contributed by atoms with Crippen LogP contribution in [0.1, 0.15) is 79.8 Å². The Hall–Kier alpha value is -3.58. The number of methoxy groups -OCH3 is 1. The molecule has 0 aliphatic carbocycles. The third kappa shape index (κ3) is 9.65. The quantitative estimate of drug-likeness (QED) is 0.135. The van der Waals surface area contributed by atoms with E-state index in [0.29, 0.717) is 31.6 Å². The van der Waals surface area contributed by atoms with Gasteiger partial charge in [0.15, 0.2) is 9.92 Å². The maximum Gasteiger partial charge on any atom is 0.443 e. The second-order valence-electron chi connectivity index (χ2n) is 15.2. The van der Waals surface area contributed by atoms with Gasteiger partial charge in [-0.3, -0.25) is 4.79 Å². The van der Waals surface area contributed by atoms with Crippen LogP contribution < -0.4 is 15.1 Å². The summed E-state index contributed by atoms with van der Waals surface area (Å²) in [4.78, 5) is 30.5. The summed E-state index contributed by atoms with van der Waals surface area (Å²) in [5.41, 5.74) is -0.222. The number of amides is 1. The number of rotatable bonds is 13. The topological polar surface area (TPSA) is 117 Å². The first-order valence-electron chi connectivity index (χ1n) is 17.7. The summed E-state index contributed by atoms with van der Waals surface area (Å²) in [6.07, 6.45) is 1.48. The number of hydrogen-bond donors (Lipinski definition) is 0. The van der Waals surface area contributed by atoms with Gasteiger partial charge in [-0.1, -0.05) is 88.4 Å². The summed E-state index contributed by atoms with van der Waals surface area (Å²) in [6.45, 7) is 17.0. The second-order valence-corrected chi connectivity index (χ2v) is 21.6. The van der Waals surface area contributed by atoms with Crippen LogP contribution in [0.15, 0.2) is 82.1 Å². The number of aryl methyl sites for hydroxylation is 1. The summed E-state index contributed by atoms with van der Waals surface area (Å²) in [7, 11) is -5.10. The van der Waals surface area contributed by atoms with Gasteiger partial charge < -0.3 is 18.6 Å². The lowest BCUT2D eigenvalue weighted by Gasteiger charge is -2.43. The smallest absolute Gasteiger partial charge is 0.443 e. The first-order valence-corrected chi connectivity index (χ1v) is 21.1. The van der Waals surface area contributed by atoms with Crippen LogP contribution in [0.3, 0.4) is 0 Å². The van der Waals surface area contributed by atoms with E-state index in [2.05, 4.69) is 85.6 Å². The van der Waals surface area contributed by atoms with Gasteiger partial charge >= 0.3 is 12.1 Å². The number of ether oxygens (including phenoxy) is 3. The summed E-state index contributed by atoms with van der Waals surface area (Å²) in [6, 6.07) is 23.6. The lowest BCUT2D eigenvalue weighted by atomic mass is 10.1. The molecule has 3 aromatic rings. The van der Waals surface area contributed by atoms with Gasteiger partial charge in [-0.05, 0) is 86.8 Å². The second kappa shape index (κ2) is 16.8. The van der Waals surface area contributed by atoms with E-state index in [4.69, 9.17) is 18.6 Å². The highest BCUT2D eigenvalue weighted by molar-refractivity contribution is 7.91. The summed E-state index contributed by atoms with van der Waals surface area (Å²) in [5, 5.41) is 2.37. The molecule has 12 heteroatoms. The van der Waals surface area contributed by atoms with Gasteiger partial charge in [-0.15, -0.1) is 4.36 Å². The zero-order chi connectivity index (χ0) is 37.5. The van der Waals surface area contributed by atoms with Crippen molar-refractivity contribution < 1.29 is 32.4 Å². The van der Waals surface area contributed by atoms with Crippen LogP contribution in [0.4, 0.5) is 4.79 Å². The lowest BCUT2D eigenvalue weighted by molar-refractivity contribution is -0.144. The van der Waals surface area contributed by atoms with E-state index in [-0.39, 0.29) is 34.9 Å². The number of esters is 1. The van der Waals surface area contributed by atoms with E-state index in [1.165, 1.54) is 21.8 Å². The van der Waals surface area contributed by atoms with Gasteiger partial charge in [-0.2, -0.15) is 4.31 Å². The van der Waals surface area contributed by atoms with E-state index in [1.807, 2.05) is 12.1 Å². The largest absolute Gasteiger partial charge is 0.477 e. The summed E-state index contributed by atoms with van der Waals surface area (Å²) in [5.74, 6) is -0.204. The summed E-state index contributed by atoms with van der Waals surface area (Å²) < 4.78 is 44.4. The van der Waals surface area contributed by atoms with Crippen molar-refractivity contribution in [3.63, 3.8) is 0 Å². The zero-order valence-corrected chi connectivity index (χ0v) is 33.5. The molecule has 0 bridgehead atoms. The zero-order valence-electron chi connectivity index (χ0n) is 31.6. The average molecular weight is 738 g/mol. The number of benzene rings is 2. The molecular weight excluding hydrogens is 683 g/mol. The van der Waals surface area contributed by atoms with Gasteiger partial charge in [0.25, 0.3) is 8.32 Å². The van der Waals surface area contributed by atoms with Crippen molar-refractivity contribution in [2.24, 2.45) is 10.3 Å². The van der Waals surface area contributed by atoms with Crippen LogP contribution in [0, 0.1) is 12.8 Å². The number of hydrogen-bond acceptors (Lipinski definition) is 8. The Morgan fingerprint density at radius 3 is 2.08 bits per heavy atom. The first-order chi connectivity index (χ1) is 24.0. The van der Waals surface area contributed by atoms with Crippen LogP contribution >= 0.6 is 0 Å². The predicted molar refractivity (Wildman–Crippen MR) is 203 cm³/mol. The van der Waals surface area contributed by atoms with Gasteiger partial charge in [0, 0.05) is 18.8 Å². The normalized spacial score (nSPS) is 17.3. The van der Waals surface area contributed by atoms with Crippen molar-refractivity contribution in [1.82, 2.24) is 9.29 Å². The van der Waals surface area contributed by atoms with Crippen molar-refractivity contribution >= 4 is 40.7 Å². The van der Waals surface area contributed by atoms with Gasteiger partial charge in [0.05, 0.1) is 13.7 Å². The molecule has 4 rings (SSSR count). The number of pyridine rings is 1. The molecule has 1 aliphatic heterocycles. The average Bonchev–Trinajstić information content (AvgIpc) is 3.57. The number of nitrogens with zero attached hydrogens (tertiary/aromatic N) is 3. The Balaban J connectivity index is 1.55. The minimum absolute atomic E-state index is 0.110. The van der Waals surface area contributed by atoms with E-state index in [0.717, 1.165) is 6.42 Å². The van der Waals surface area contributed by atoms with E-state index in [1.54, 1.807) is 39.8 Å². The monoisotopic (exact) mass is 737 g/mol. The molecule has 1 fully saturated rings. The molecule has 10 nitrogen and oxygen atoms in total. The van der Waals surface area contributed by atoms with Gasteiger partial charge in [-0.25, -0.2) is 14.0 Å². The molecule has 0 unspecified atom stereocenters. The van der Waals surface area contributed by atoms with Crippen LogP contribution in [0.5, 0.6) is 5.88 Å². The van der Waals surface area contributed by atoms with Crippen molar-refractivity contribution in [2.45, 2.75) is 103 Å². The van der Waals surface area contributed by atoms with Crippen molar-refractivity contribution in [2.75, 3.05) is 26.9 Å². The fraction of sp³-hybridized carbons (Fsp3) is 0.513. The molecule has 0 spiro atoms. The van der Waals surface area contributed by atoms with Gasteiger partial charge in [0.1, 0.15) is 16.5 Å². The minimum Gasteiger partial charge on any atom is -0.477 e. The Bertz CT molecular complexity index is 1710. The molecule has 1 aromatic heterocycles. The van der Waals surface area contributed by atoms with E-state index < -0.39 is 41.9 Å². The lowest BCUT2D eigenvalue weighted by Crippen LogP contribution is -2.66. The Morgan fingerprint density at radius 2 is 1.53 bits per heavy atom. The fourth-order valence-corrected chi connectivity index (χ4v) is 13.3. The fourth-order valence-electron chi connectivity index (χ4n) is 6.52. The predicted octanol–water partition coefficient (Wildman–Crippen LogP) is 7.08. The molecule has 51 heavy (non-hydrogen) atoms. The molecular formula is C39H55N3O7SSi. The molecule has 2 aromatic carbocycles. The molecule has 1 amide bonds. The van der Waals surface area contributed by atoms with E-state index >= 15 is 4.21 Å². The molecule has 278 valence electrons. The maximum absolute atomic E-state index is 15.0. The van der Waals surface area contributed by atoms with Crippen molar-refractivity contribution in [3.05, 3.63) is 78.5 Å². The van der Waals surface area contributed by atoms with Crippen LogP contribution in [-0.2, 0) is 28.6 Å². The van der Waals surface area contributed by atoms with Crippen LogP contribution in [-0.4, -0.2) is 72.4 Å². The molecule has 3 atom stereocenters. The molecule has 0 saturated carbocycles. The highest BCUT2D eigenvalue weighted by atomic mass is 32.2. The molecule has 2 heterocycles. The number of carbonyl (C=O) groups excluding carboxylic acids is 2. The molecule has 0 radical (unpaired) electrons. The molecule has 1 saturated heterocycles. The van der Waals surface area contributed by atoms with E-state index in [9.17, 15) is 9.59 Å².